The molecule has 1 amide bonds. The molecule has 2 unspecified atom stereocenters. The number of amides is 1. The lowest BCUT2D eigenvalue weighted by molar-refractivity contribution is -0.142. The number of methoxy groups -OCH3 is 1. The summed E-state index contributed by atoms with van der Waals surface area (Å²) in [4.78, 5) is 23.5. The lowest BCUT2D eigenvalue weighted by atomic mass is 10.1. The van der Waals surface area contributed by atoms with Gasteiger partial charge >= 0.3 is 5.97 Å². The van der Waals surface area contributed by atoms with Crippen LogP contribution in [0.4, 0.5) is 0 Å². The molecule has 0 radical (unpaired) electrons. The monoisotopic (exact) mass is 341 g/mol. The molecule has 2 rings (SSSR count). The summed E-state index contributed by atoms with van der Waals surface area (Å²) < 4.78 is 10.5. The highest BCUT2D eigenvalue weighted by atomic mass is 35.5. The third-order valence-corrected chi connectivity index (χ3v) is 4.07. The standard InChI is InChI=1S/C16H20ClNO5/c1-22-13-6-4-10(9-12(13)17)15(16(20)21)18-14(19)7-5-11-3-2-8-23-11/h4,6,9,11,15H,2-3,5,7-8H2,1H3,(H,18,19)(H,20,21). The lowest BCUT2D eigenvalue weighted by Gasteiger charge is -2.17. The van der Waals surface area contributed by atoms with Crippen LogP contribution in [0.5, 0.6) is 5.75 Å². The van der Waals surface area contributed by atoms with E-state index >= 15 is 0 Å². The molecule has 0 aliphatic carbocycles. The molecule has 2 N–H and O–H groups in total. The van der Waals surface area contributed by atoms with Crippen LogP contribution < -0.4 is 10.1 Å². The van der Waals surface area contributed by atoms with Gasteiger partial charge in [-0.15, -0.1) is 0 Å². The number of rotatable bonds is 7. The first kappa shape index (κ1) is 17.6. The molecule has 23 heavy (non-hydrogen) atoms. The summed E-state index contributed by atoms with van der Waals surface area (Å²) in [6.45, 7) is 0.731. The number of carbonyl (C=O) groups is 2. The van der Waals surface area contributed by atoms with Crippen LogP contribution in [0.25, 0.3) is 0 Å². The van der Waals surface area contributed by atoms with E-state index in [-0.39, 0.29) is 18.4 Å². The largest absolute Gasteiger partial charge is 0.495 e. The zero-order chi connectivity index (χ0) is 16.8. The second-order valence-corrected chi connectivity index (χ2v) is 5.81. The molecule has 126 valence electrons. The van der Waals surface area contributed by atoms with Crippen LogP contribution in [0.2, 0.25) is 5.02 Å². The average Bonchev–Trinajstić information content (AvgIpc) is 3.03. The molecule has 1 aliphatic rings. The van der Waals surface area contributed by atoms with E-state index in [9.17, 15) is 14.7 Å². The Labute approximate surface area is 139 Å². The van der Waals surface area contributed by atoms with Crippen molar-refractivity contribution >= 4 is 23.5 Å². The van der Waals surface area contributed by atoms with Gasteiger partial charge in [-0.3, -0.25) is 4.79 Å². The van der Waals surface area contributed by atoms with Gasteiger partial charge in [0, 0.05) is 13.0 Å². The van der Waals surface area contributed by atoms with E-state index in [0.717, 1.165) is 19.4 Å². The highest BCUT2D eigenvalue weighted by molar-refractivity contribution is 6.32. The molecule has 1 saturated heterocycles. The van der Waals surface area contributed by atoms with E-state index < -0.39 is 12.0 Å². The van der Waals surface area contributed by atoms with Gasteiger partial charge in [0.2, 0.25) is 5.91 Å². The summed E-state index contributed by atoms with van der Waals surface area (Å²) in [5, 5.41) is 12.2. The molecule has 1 aliphatic heterocycles. The Kier molecular flexibility index (Phi) is 6.24. The predicted octanol–water partition coefficient (Wildman–Crippen LogP) is 2.55. The Hall–Kier alpha value is -1.79. The van der Waals surface area contributed by atoms with Gasteiger partial charge in [0.05, 0.1) is 18.2 Å². The van der Waals surface area contributed by atoms with Crippen LogP contribution in [-0.2, 0) is 14.3 Å². The highest BCUT2D eigenvalue weighted by Gasteiger charge is 2.24. The van der Waals surface area contributed by atoms with E-state index in [0.29, 0.717) is 22.8 Å². The van der Waals surface area contributed by atoms with Crippen molar-refractivity contribution in [1.82, 2.24) is 5.32 Å². The van der Waals surface area contributed by atoms with Crippen LogP contribution in [-0.4, -0.2) is 36.8 Å². The van der Waals surface area contributed by atoms with Gasteiger partial charge in [-0.1, -0.05) is 17.7 Å². The Morgan fingerprint density at radius 2 is 2.30 bits per heavy atom. The summed E-state index contributed by atoms with van der Waals surface area (Å²) in [5.74, 6) is -1.01. The fraction of sp³-hybridized carbons (Fsp3) is 0.500. The van der Waals surface area contributed by atoms with E-state index in [1.54, 1.807) is 12.1 Å². The Bertz CT molecular complexity index is 572. The maximum Gasteiger partial charge on any atom is 0.330 e. The summed E-state index contributed by atoms with van der Waals surface area (Å²) >= 11 is 6.01. The van der Waals surface area contributed by atoms with Gasteiger partial charge in [-0.2, -0.15) is 0 Å². The number of aliphatic carboxylic acids is 1. The molecular formula is C16H20ClNO5. The summed E-state index contributed by atoms with van der Waals surface area (Å²) in [6.07, 6.45) is 2.89. The molecule has 1 aromatic carbocycles. The number of benzene rings is 1. The summed E-state index contributed by atoms with van der Waals surface area (Å²) in [7, 11) is 1.47. The fourth-order valence-corrected chi connectivity index (χ4v) is 2.81. The van der Waals surface area contributed by atoms with Gasteiger partial charge in [-0.05, 0) is 37.0 Å². The topological polar surface area (TPSA) is 84.9 Å². The molecule has 0 saturated carbocycles. The van der Waals surface area contributed by atoms with Crippen molar-refractivity contribution in [2.45, 2.75) is 37.8 Å². The van der Waals surface area contributed by atoms with Crippen molar-refractivity contribution < 1.29 is 24.2 Å². The number of hydrogen-bond acceptors (Lipinski definition) is 4. The molecule has 6 nitrogen and oxygen atoms in total. The van der Waals surface area contributed by atoms with E-state index in [4.69, 9.17) is 21.1 Å². The Morgan fingerprint density at radius 1 is 1.52 bits per heavy atom. The quantitative estimate of drug-likeness (QED) is 0.796. The number of carbonyl (C=O) groups excluding carboxylic acids is 1. The molecule has 1 heterocycles. The number of hydrogen-bond donors (Lipinski definition) is 2. The third-order valence-electron chi connectivity index (χ3n) is 3.78. The van der Waals surface area contributed by atoms with Crippen LogP contribution >= 0.6 is 11.6 Å². The first-order valence-electron chi connectivity index (χ1n) is 7.48. The second kappa shape index (κ2) is 8.17. The van der Waals surface area contributed by atoms with Crippen LogP contribution in [0.1, 0.15) is 37.3 Å². The second-order valence-electron chi connectivity index (χ2n) is 5.41. The van der Waals surface area contributed by atoms with Gasteiger partial charge in [0.25, 0.3) is 0 Å². The van der Waals surface area contributed by atoms with Gasteiger partial charge in [0.1, 0.15) is 5.75 Å². The Balaban J connectivity index is 1.99. The molecular weight excluding hydrogens is 322 g/mol. The fourth-order valence-electron chi connectivity index (χ4n) is 2.55. The SMILES string of the molecule is COc1ccc(C(NC(=O)CCC2CCCO2)C(=O)O)cc1Cl. The van der Waals surface area contributed by atoms with Crippen molar-refractivity contribution in [3.05, 3.63) is 28.8 Å². The van der Waals surface area contributed by atoms with Gasteiger partial charge < -0.3 is 19.9 Å². The van der Waals surface area contributed by atoms with Crippen molar-refractivity contribution in [3.8, 4) is 5.75 Å². The summed E-state index contributed by atoms with van der Waals surface area (Å²) in [5.41, 5.74) is 0.397. The Morgan fingerprint density at radius 3 is 2.87 bits per heavy atom. The molecule has 0 aromatic heterocycles. The van der Waals surface area contributed by atoms with Crippen molar-refractivity contribution in [2.24, 2.45) is 0 Å². The smallest absolute Gasteiger partial charge is 0.330 e. The minimum atomic E-state index is -1.14. The minimum absolute atomic E-state index is 0.0967. The number of ether oxygens (including phenoxy) is 2. The average molecular weight is 342 g/mol. The normalized spacial score (nSPS) is 18.4. The molecule has 7 heteroatoms. The molecule has 1 aromatic rings. The number of carboxylic acid groups (broad SMARTS) is 1. The first-order valence-corrected chi connectivity index (χ1v) is 7.86. The number of nitrogens with one attached hydrogen (secondary N) is 1. The van der Waals surface area contributed by atoms with Gasteiger partial charge in [0.15, 0.2) is 6.04 Å². The van der Waals surface area contributed by atoms with E-state index in [1.165, 1.54) is 13.2 Å². The highest BCUT2D eigenvalue weighted by Crippen LogP contribution is 2.28. The summed E-state index contributed by atoms with van der Waals surface area (Å²) in [6, 6.07) is 3.49. The maximum atomic E-state index is 12.0. The molecule has 1 fully saturated rings. The van der Waals surface area contributed by atoms with Gasteiger partial charge in [-0.25, -0.2) is 4.79 Å². The predicted molar refractivity (Wildman–Crippen MR) is 84.7 cm³/mol. The van der Waals surface area contributed by atoms with E-state index in [1.807, 2.05) is 0 Å². The van der Waals surface area contributed by atoms with Crippen LogP contribution in [0, 0.1) is 0 Å². The maximum absolute atomic E-state index is 12.0. The van der Waals surface area contributed by atoms with Crippen molar-refractivity contribution in [1.29, 1.82) is 0 Å². The van der Waals surface area contributed by atoms with Crippen molar-refractivity contribution in [3.63, 3.8) is 0 Å². The molecule has 2 atom stereocenters. The molecule has 0 bridgehead atoms. The zero-order valence-electron chi connectivity index (χ0n) is 12.9. The molecule has 0 spiro atoms. The van der Waals surface area contributed by atoms with E-state index in [2.05, 4.69) is 5.32 Å². The number of carboxylic acids is 1. The number of halogens is 1. The zero-order valence-corrected chi connectivity index (χ0v) is 13.6. The van der Waals surface area contributed by atoms with Crippen molar-refractivity contribution in [2.75, 3.05) is 13.7 Å². The first-order chi connectivity index (χ1) is 11.0. The third kappa shape index (κ3) is 4.84. The minimum Gasteiger partial charge on any atom is -0.495 e. The van der Waals surface area contributed by atoms with Crippen LogP contribution in [0.15, 0.2) is 18.2 Å². The lowest BCUT2D eigenvalue weighted by Crippen LogP contribution is -2.34. The van der Waals surface area contributed by atoms with Crippen LogP contribution in [0.3, 0.4) is 0 Å².